The van der Waals surface area contributed by atoms with Gasteiger partial charge in [-0.2, -0.15) is 5.10 Å². The lowest BCUT2D eigenvalue weighted by molar-refractivity contribution is -0.115. The summed E-state index contributed by atoms with van der Waals surface area (Å²) in [4.78, 5) is 24.7. The molecule has 2 rings (SSSR count). The molecule has 1 aliphatic carbocycles. The largest absolute Gasteiger partial charge is 0.506 e. The molecule has 0 aliphatic heterocycles. The third kappa shape index (κ3) is 5.32. The third-order valence-electron chi connectivity index (χ3n) is 3.93. The average Bonchev–Trinajstić information content (AvgIpc) is 2.55. The van der Waals surface area contributed by atoms with Gasteiger partial charge in [0.05, 0.1) is 16.3 Å². The van der Waals surface area contributed by atoms with Gasteiger partial charge in [-0.3, -0.25) is 4.79 Å². The maximum Gasteiger partial charge on any atom is 0.430 e. The summed E-state index contributed by atoms with van der Waals surface area (Å²) in [5.41, 5.74) is 1.05. The molecule has 6 nitrogen and oxygen atoms in total. The number of ketones is 1. The monoisotopic (exact) mass is 392 g/mol. The second kappa shape index (κ2) is 8.13. The number of amides is 1. The Labute approximate surface area is 164 Å². The van der Waals surface area contributed by atoms with E-state index in [2.05, 4.69) is 5.10 Å². The van der Waals surface area contributed by atoms with Crippen LogP contribution in [0.25, 0.3) is 5.76 Å². The molecule has 0 spiro atoms. The van der Waals surface area contributed by atoms with Crippen molar-refractivity contribution in [2.75, 3.05) is 7.05 Å². The Morgan fingerprint density at radius 1 is 1.30 bits per heavy atom. The van der Waals surface area contributed by atoms with E-state index < -0.39 is 11.7 Å². The standard InChI is InChI=1S/C20H25ClN2O4/c1-12-9-10-14(21)13(11-12)18(25)17-15(7-6-8-16(17)24)22-23(5)19(26)27-20(2,3)4/h9-11,25H,6-8H2,1-5H3. The molecule has 1 aliphatic rings. The number of nitrogens with zero attached hydrogens (tertiary/aromatic N) is 2. The molecule has 1 aromatic carbocycles. The summed E-state index contributed by atoms with van der Waals surface area (Å²) < 4.78 is 5.28. The maximum atomic E-state index is 12.5. The van der Waals surface area contributed by atoms with E-state index in [-0.39, 0.29) is 17.1 Å². The van der Waals surface area contributed by atoms with Gasteiger partial charge in [0.2, 0.25) is 0 Å². The highest BCUT2D eigenvalue weighted by Gasteiger charge is 2.29. The van der Waals surface area contributed by atoms with Crippen LogP contribution in [0.2, 0.25) is 5.02 Å². The van der Waals surface area contributed by atoms with Crippen LogP contribution in [0, 0.1) is 6.92 Å². The number of carbonyl (C=O) groups excluding carboxylic acids is 2. The van der Waals surface area contributed by atoms with Crippen LogP contribution < -0.4 is 0 Å². The van der Waals surface area contributed by atoms with E-state index in [9.17, 15) is 14.7 Å². The lowest BCUT2D eigenvalue weighted by Crippen LogP contribution is -2.33. The predicted molar refractivity (Wildman–Crippen MR) is 106 cm³/mol. The van der Waals surface area contributed by atoms with Crippen molar-refractivity contribution in [3.8, 4) is 0 Å². The van der Waals surface area contributed by atoms with Crippen LogP contribution in [0.15, 0.2) is 28.9 Å². The highest BCUT2D eigenvalue weighted by Crippen LogP contribution is 2.30. The number of aryl methyl sites for hydroxylation is 1. The summed E-state index contributed by atoms with van der Waals surface area (Å²) >= 11 is 6.20. The van der Waals surface area contributed by atoms with Crippen molar-refractivity contribution in [3.63, 3.8) is 0 Å². The number of ether oxygens (including phenoxy) is 1. The second-order valence-corrected chi connectivity index (χ2v) is 7.94. The Bertz CT molecular complexity index is 822. The summed E-state index contributed by atoms with van der Waals surface area (Å²) in [6, 6.07) is 5.19. The van der Waals surface area contributed by atoms with Gasteiger partial charge >= 0.3 is 6.09 Å². The van der Waals surface area contributed by atoms with Gasteiger partial charge in [0.1, 0.15) is 11.4 Å². The normalized spacial score (nSPS) is 18.4. The summed E-state index contributed by atoms with van der Waals surface area (Å²) in [5, 5.41) is 16.4. The number of hydrazone groups is 1. The number of benzene rings is 1. The molecule has 1 amide bonds. The topological polar surface area (TPSA) is 79.2 Å². The van der Waals surface area contributed by atoms with Crippen molar-refractivity contribution < 1.29 is 19.4 Å². The minimum Gasteiger partial charge on any atom is -0.506 e. The first-order valence-electron chi connectivity index (χ1n) is 8.77. The summed E-state index contributed by atoms with van der Waals surface area (Å²) in [5.74, 6) is -0.447. The lowest BCUT2D eigenvalue weighted by Gasteiger charge is -2.24. The molecular formula is C20H25ClN2O4. The van der Waals surface area contributed by atoms with E-state index in [0.29, 0.717) is 35.6 Å². The lowest BCUT2D eigenvalue weighted by atomic mass is 9.89. The van der Waals surface area contributed by atoms with Crippen molar-refractivity contribution in [2.24, 2.45) is 5.10 Å². The maximum absolute atomic E-state index is 12.5. The first-order chi connectivity index (χ1) is 12.5. The molecular weight excluding hydrogens is 368 g/mol. The molecule has 1 fully saturated rings. The van der Waals surface area contributed by atoms with Crippen LogP contribution in [0.3, 0.4) is 0 Å². The quantitative estimate of drug-likeness (QED) is 0.441. The number of hydrogen-bond acceptors (Lipinski definition) is 5. The number of aliphatic hydroxyl groups is 1. The van der Waals surface area contributed by atoms with E-state index >= 15 is 0 Å². The van der Waals surface area contributed by atoms with E-state index in [1.54, 1.807) is 32.9 Å². The zero-order chi connectivity index (χ0) is 20.4. The van der Waals surface area contributed by atoms with Crippen LogP contribution in [0.1, 0.15) is 51.2 Å². The molecule has 0 aromatic heterocycles. The van der Waals surface area contributed by atoms with Crippen LogP contribution in [-0.4, -0.2) is 40.4 Å². The predicted octanol–water partition coefficient (Wildman–Crippen LogP) is 4.89. The van der Waals surface area contributed by atoms with Crippen LogP contribution in [-0.2, 0) is 9.53 Å². The average molecular weight is 393 g/mol. The molecule has 0 bridgehead atoms. The number of rotatable bonds is 2. The number of aliphatic hydroxyl groups excluding tert-OH is 1. The van der Waals surface area contributed by atoms with Crippen molar-refractivity contribution >= 4 is 34.9 Å². The zero-order valence-electron chi connectivity index (χ0n) is 16.3. The minimum absolute atomic E-state index is 0.101. The van der Waals surface area contributed by atoms with Gasteiger partial charge < -0.3 is 9.84 Å². The molecule has 0 unspecified atom stereocenters. The number of halogens is 1. The van der Waals surface area contributed by atoms with Crippen molar-refractivity contribution in [2.45, 2.75) is 52.6 Å². The van der Waals surface area contributed by atoms with Crippen LogP contribution in [0.5, 0.6) is 0 Å². The first-order valence-corrected chi connectivity index (χ1v) is 9.15. The molecule has 0 radical (unpaired) electrons. The number of Topliss-reactive ketones (excluding diaryl/α,β-unsaturated/α-hetero) is 1. The SMILES string of the molecule is Cc1ccc(Cl)c(C(O)=C2C(=O)CCCC2=NN(C)C(=O)OC(C)(C)C)c1. The van der Waals surface area contributed by atoms with E-state index in [1.807, 2.05) is 13.0 Å². The summed E-state index contributed by atoms with van der Waals surface area (Å²) in [6.45, 7) is 7.14. The Morgan fingerprint density at radius 2 is 1.96 bits per heavy atom. The van der Waals surface area contributed by atoms with E-state index in [0.717, 1.165) is 10.6 Å². The molecule has 146 valence electrons. The number of carbonyl (C=O) groups is 2. The van der Waals surface area contributed by atoms with Gasteiger partial charge in [0.25, 0.3) is 0 Å². The van der Waals surface area contributed by atoms with E-state index in [4.69, 9.17) is 16.3 Å². The molecule has 1 N–H and O–H groups in total. The fraction of sp³-hybridized carbons (Fsp3) is 0.450. The highest BCUT2D eigenvalue weighted by molar-refractivity contribution is 6.34. The van der Waals surface area contributed by atoms with Gasteiger partial charge in [-0.25, -0.2) is 9.80 Å². The van der Waals surface area contributed by atoms with Gasteiger partial charge in [-0.15, -0.1) is 0 Å². The molecule has 7 heteroatoms. The first kappa shape index (κ1) is 21.0. The van der Waals surface area contributed by atoms with Gasteiger partial charge in [-0.05, 0) is 52.7 Å². The molecule has 0 saturated heterocycles. The van der Waals surface area contributed by atoms with Crippen LogP contribution >= 0.6 is 11.6 Å². The minimum atomic E-state index is -0.663. The Hall–Kier alpha value is -2.34. The van der Waals surface area contributed by atoms with Crippen molar-refractivity contribution in [3.05, 3.63) is 39.9 Å². The smallest absolute Gasteiger partial charge is 0.430 e. The summed E-state index contributed by atoms with van der Waals surface area (Å²) in [7, 11) is 1.45. The highest BCUT2D eigenvalue weighted by atomic mass is 35.5. The summed E-state index contributed by atoms with van der Waals surface area (Å²) in [6.07, 6.45) is 0.721. The zero-order valence-corrected chi connectivity index (χ0v) is 17.1. The third-order valence-corrected chi connectivity index (χ3v) is 4.26. The van der Waals surface area contributed by atoms with Crippen molar-refractivity contribution in [1.29, 1.82) is 0 Å². The Balaban J connectivity index is 2.46. The number of allylic oxidation sites excluding steroid dienone is 1. The fourth-order valence-electron chi connectivity index (χ4n) is 2.70. The molecule has 27 heavy (non-hydrogen) atoms. The number of hydrogen-bond donors (Lipinski definition) is 1. The molecule has 0 heterocycles. The molecule has 0 atom stereocenters. The van der Waals surface area contributed by atoms with Crippen LogP contribution in [0.4, 0.5) is 4.79 Å². The van der Waals surface area contributed by atoms with Crippen molar-refractivity contribution in [1.82, 2.24) is 5.01 Å². The van der Waals surface area contributed by atoms with Gasteiger partial charge in [0, 0.05) is 19.0 Å². The molecule has 1 aromatic rings. The Kier molecular flexibility index (Phi) is 6.31. The fourth-order valence-corrected chi connectivity index (χ4v) is 2.91. The second-order valence-electron chi connectivity index (χ2n) is 7.53. The van der Waals surface area contributed by atoms with Gasteiger partial charge in [0.15, 0.2) is 5.78 Å². The molecule has 1 saturated carbocycles. The Morgan fingerprint density at radius 3 is 2.59 bits per heavy atom. The van der Waals surface area contributed by atoms with Gasteiger partial charge in [-0.1, -0.05) is 23.2 Å². The van der Waals surface area contributed by atoms with E-state index in [1.165, 1.54) is 7.05 Å².